The molecule has 7 heteroatoms. The Labute approximate surface area is 136 Å². The van der Waals surface area contributed by atoms with Crippen LogP contribution >= 0.6 is 0 Å². The van der Waals surface area contributed by atoms with Crippen LogP contribution in [0.25, 0.3) is 0 Å². The molecule has 0 bridgehead atoms. The summed E-state index contributed by atoms with van der Waals surface area (Å²) < 4.78 is 5.38. The van der Waals surface area contributed by atoms with Crippen molar-refractivity contribution in [3.63, 3.8) is 0 Å². The van der Waals surface area contributed by atoms with Gasteiger partial charge in [-0.1, -0.05) is 0 Å². The monoisotopic (exact) mass is 320 g/mol. The number of carbonyl (C=O) groups excluding carboxylic acids is 2. The van der Waals surface area contributed by atoms with Gasteiger partial charge in [0.25, 0.3) is 5.91 Å². The summed E-state index contributed by atoms with van der Waals surface area (Å²) in [6.45, 7) is 6.99. The van der Waals surface area contributed by atoms with Crippen molar-refractivity contribution < 1.29 is 14.3 Å². The van der Waals surface area contributed by atoms with E-state index < -0.39 is 5.60 Å². The number of nitrogens with zero attached hydrogens (tertiary/aromatic N) is 3. The molecule has 1 aromatic heterocycles. The Morgan fingerprint density at radius 3 is 2.70 bits per heavy atom. The molecule has 23 heavy (non-hydrogen) atoms. The van der Waals surface area contributed by atoms with E-state index in [0.717, 1.165) is 0 Å². The molecule has 0 radical (unpaired) electrons. The summed E-state index contributed by atoms with van der Waals surface area (Å²) in [5.41, 5.74) is 5.79. The molecule has 1 aromatic rings. The zero-order chi connectivity index (χ0) is 17.0. The van der Waals surface area contributed by atoms with E-state index >= 15 is 0 Å². The van der Waals surface area contributed by atoms with Crippen LogP contribution in [0.4, 0.5) is 4.79 Å². The molecule has 1 fully saturated rings. The van der Waals surface area contributed by atoms with E-state index in [1.807, 2.05) is 20.8 Å². The second kappa shape index (κ2) is 6.95. The maximum Gasteiger partial charge on any atom is 0.410 e. The highest BCUT2D eigenvalue weighted by atomic mass is 16.6. The topological polar surface area (TPSA) is 88.8 Å². The van der Waals surface area contributed by atoms with Crippen LogP contribution in [0.5, 0.6) is 0 Å². The zero-order valence-corrected chi connectivity index (χ0v) is 13.9. The van der Waals surface area contributed by atoms with Crippen molar-refractivity contribution in [1.29, 1.82) is 0 Å². The van der Waals surface area contributed by atoms with Gasteiger partial charge in [0.1, 0.15) is 5.60 Å². The molecule has 1 aliphatic rings. The van der Waals surface area contributed by atoms with Crippen LogP contribution in [0, 0.1) is 0 Å². The molecule has 1 aliphatic heterocycles. The van der Waals surface area contributed by atoms with Gasteiger partial charge in [-0.05, 0) is 32.9 Å². The quantitative estimate of drug-likeness (QED) is 0.881. The van der Waals surface area contributed by atoms with E-state index in [-0.39, 0.29) is 24.6 Å². The molecule has 0 spiro atoms. The van der Waals surface area contributed by atoms with E-state index in [1.165, 1.54) is 6.20 Å². The Morgan fingerprint density at radius 1 is 1.39 bits per heavy atom. The van der Waals surface area contributed by atoms with Gasteiger partial charge in [0, 0.05) is 38.6 Å². The van der Waals surface area contributed by atoms with Crippen molar-refractivity contribution in [2.75, 3.05) is 26.2 Å². The summed E-state index contributed by atoms with van der Waals surface area (Å²) in [5, 5.41) is 0. The summed E-state index contributed by atoms with van der Waals surface area (Å²) in [6, 6.07) is 3.22. The standard InChI is InChI=1S/C16H24N4O3/c1-16(2,3)23-15(22)19-7-8-20(13(9-17)11-19)14(21)12-5-4-6-18-10-12/h4-6,10,13H,7-9,11,17H2,1-3H3. The van der Waals surface area contributed by atoms with Gasteiger partial charge < -0.3 is 20.3 Å². The van der Waals surface area contributed by atoms with Crippen molar-refractivity contribution in [2.45, 2.75) is 32.4 Å². The molecule has 2 rings (SSSR count). The van der Waals surface area contributed by atoms with Crippen molar-refractivity contribution in [2.24, 2.45) is 5.73 Å². The minimum Gasteiger partial charge on any atom is -0.444 e. The highest BCUT2D eigenvalue weighted by Crippen LogP contribution is 2.16. The van der Waals surface area contributed by atoms with Gasteiger partial charge in [-0.25, -0.2) is 4.79 Å². The molecule has 2 heterocycles. The normalized spacial score (nSPS) is 18.7. The predicted molar refractivity (Wildman–Crippen MR) is 85.9 cm³/mol. The van der Waals surface area contributed by atoms with Crippen molar-refractivity contribution >= 4 is 12.0 Å². The lowest BCUT2D eigenvalue weighted by Gasteiger charge is -2.41. The van der Waals surface area contributed by atoms with E-state index in [1.54, 1.807) is 28.1 Å². The number of nitrogens with two attached hydrogens (primary N) is 1. The number of ether oxygens (including phenoxy) is 1. The van der Waals surface area contributed by atoms with Gasteiger partial charge in [-0.15, -0.1) is 0 Å². The van der Waals surface area contributed by atoms with Crippen molar-refractivity contribution in [1.82, 2.24) is 14.8 Å². The fourth-order valence-electron chi connectivity index (χ4n) is 2.47. The van der Waals surface area contributed by atoms with E-state index in [9.17, 15) is 9.59 Å². The number of pyridine rings is 1. The summed E-state index contributed by atoms with van der Waals surface area (Å²) in [7, 11) is 0. The van der Waals surface area contributed by atoms with Crippen LogP contribution < -0.4 is 5.73 Å². The smallest absolute Gasteiger partial charge is 0.410 e. The third kappa shape index (κ3) is 4.41. The highest BCUT2D eigenvalue weighted by molar-refractivity contribution is 5.94. The zero-order valence-electron chi connectivity index (χ0n) is 13.9. The number of aromatic nitrogens is 1. The Bertz CT molecular complexity index is 556. The van der Waals surface area contributed by atoms with Gasteiger partial charge in [-0.2, -0.15) is 0 Å². The average Bonchev–Trinajstić information content (AvgIpc) is 2.52. The molecule has 7 nitrogen and oxygen atoms in total. The predicted octanol–water partition coefficient (Wildman–Crippen LogP) is 1.10. The van der Waals surface area contributed by atoms with Gasteiger partial charge >= 0.3 is 6.09 Å². The number of hydrogen-bond acceptors (Lipinski definition) is 5. The third-order valence-electron chi connectivity index (χ3n) is 3.58. The average molecular weight is 320 g/mol. The van der Waals surface area contributed by atoms with Crippen LogP contribution in [0.15, 0.2) is 24.5 Å². The lowest BCUT2D eigenvalue weighted by Crippen LogP contribution is -2.59. The largest absolute Gasteiger partial charge is 0.444 e. The minimum atomic E-state index is -0.544. The molecule has 0 saturated carbocycles. The second-order valence-electron chi connectivity index (χ2n) is 6.56. The number of hydrogen-bond donors (Lipinski definition) is 1. The van der Waals surface area contributed by atoms with Crippen LogP contribution in [0.2, 0.25) is 0 Å². The van der Waals surface area contributed by atoms with Gasteiger partial charge in [0.2, 0.25) is 0 Å². The Kier molecular flexibility index (Phi) is 5.20. The van der Waals surface area contributed by atoms with Gasteiger partial charge in [-0.3, -0.25) is 9.78 Å². The van der Waals surface area contributed by atoms with Crippen LogP contribution in [-0.4, -0.2) is 64.6 Å². The van der Waals surface area contributed by atoms with Crippen molar-refractivity contribution in [3.8, 4) is 0 Å². The van der Waals surface area contributed by atoms with Gasteiger partial charge in [0.05, 0.1) is 11.6 Å². The minimum absolute atomic E-state index is 0.114. The second-order valence-corrected chi connectivity index (χ2v) is 6.56. The number of amides is 2. The summed E-state index contributed by atoms with van der Waals surface area (Å²) in [5.74, 6) is -0.114. The molecule has 1 atom stereocenters. The van der Waals surface area contributed by atoms with Crippen molar-refractivity contribution in [3.05, 3.63) is 30.1 Å². The number of piperazine rings is 1. The first-order valence-electron chi connectivity index (χ1n) is 7.71. The van der Waals surface area contributed by atoms with E-state index in [2.05, 4.69) is 4.98 Å². The Hall–Kier alpha value is -2.15. The molecule has 1 saturated heterocycles. The van der Waals surface area contributed by atoms with Crippen LogP contribution in [-0.2, 0) is 4.74 Å². The summed E-state index contributed by atoms with van der Waals surface area (Å²) in [4.78, 5) is 32.0. The fourth-order valence-corrected chi connectivity index (χ4v) is 2.47. The highest BCUT2D eigenvalue weighted by Gasteiger charge is 2.34. The Balaban J connectivity index is 2.05. The lowest BCUT2D eigenvalue weighted by atomic mass is 10.1. The SMILES string of the molecule is CC(C)(C)OC(=O)N1CCN(C(=O)c2cccnc2)C(CN)C1. The molecule has 2 amide bonds. The third-order valence-corrected chi connectivity index (χ3v) is 3.58. The van der Waals surface area contributed by atoms with Gasteiger partial charge in [0.15, 0.2) is 0 Å². The number of rotatable bonds is 2. The first-order chi connectivity index (χ1) is 10.8. The fraction of sp³-hybridized carbons (Fsp3) is 0.562. The molecule has 1 unspecified atom stereocenters. The molecule has 2 N–H and O–H groups in total. The molecular formula is C16H24N4O3. The molecule has 126 valence electrons. The van der Waals surface area contributed by atoms with E-state index in [4.69, 9.17) is 10.5 Å². The summed E-state index contributed by atoms with van der Waals surface area (Å²) >= 11 is 0. The molecular weight excluding hydrogens is 296 g/mol. The maximum atomic E-state index is 12.6. The van der Waals surface area contributed by atoms with E-state index in [0.29, 0.717) is 25.2 Å². The molecule has 0 aromatic carbocycles. The number of carbonyl (C=O) groups is 2. The molecule has 0 aliphatic carbocycles. The summed E-state index contributed by atoms with van der Waals surface area (Å²) in [6.07, 6.45) is 2.79. The Morgan fingerprint density at radius 2 is 2.13 bits per heavy atom. The first kappa shape index (κ1) is 17.2. The lowest BCUT2D eigenvalue weighted by molar-refractivity contribution is 0.00527. The maximum absolute atomic E-state index is 12.6. The van der Waals surface area contributed by atoms with Crippen LogP contribution in [0.3, 0.4) is 0 Å². The first-order valence-corrected chi connectivity index (χ1v) is 7.71. The van der Waals surface area contributed by atoms with Crippen LogP contribution in [0.1, 0.15) is 31.1 Å².